The quantitative estimate of drug-likeness (QED) is 0.805. The van der Waals surface area contributed by atoms with Crippen molar-refractivity contribution in [2.24, 2.45) is 0 Å². The Balaban J connectivity index is 2.10. The maximum atomic E-state index is 12.3. The predicted molar refractivity (Wildman–Crippen MR) is 62.8 cm³/mol. The molecule has 1 saturated heterocycles. The Morgan fingerprint density at radius 3 is 2.76 bits per heavy atom. The van der Waals surface area contributed by atoms with Gasteiger partial charge in [-0.05, 0) is 18.9 Å². The van der Waals surface area contributed by atoms with Crippen molar-refractivity contribution in [1.29, 1.82) is 0 Å². The molecular weight excluding hydrogens is 226 g/mol. The number of nitrogens with zero attached hydrogens (tertiary/aromatic N) is 4. The number of halogens is 2. The number of hydrogen-bond acceptors (Lipinski definition) is 4. The molecule has 17 heavy (non-hydrogen) atoms. The van der Waals surface area contributed by atoms with Crippen LogP contribution in [0.15, 0.2) is 12.3 Å². The lowest BCUT2D eigenvalue weighted by atomic mass is 10.4. The molecule has 0 radical (unpaired) electrons. The Bertz CT molecular complexity index is 366. The Kier molecular flexibility index (Phi) is 3.71. The molecule has 0 aliphatic carbocycles. The molecule has 0 unspecified atom stereocenters. The molecular formula is C11H16F2N4. The van der Waals surface area contributed by atoms with Crippen LogP contribution in [0.4, 0.5) is 20.5 Å². The van der Waals surface area contributed by atoms with Gasteiger partial charge in [0, 0.05) is 26.3 Å². The third-order valence-electron chi connectivity index (χ3n) is 2.81. The van der Waals surface area contributed by atoms with E-state index in [4.69, 9.17) is 0 Å². The van der Waals surface area contributed by atoms with Crippen LogP contribution in [-0.2, 0) is 0 Å². The number of anilines is 2. The second kappa shape index (κ2) is 5.25. The first-order valence-electron chi connectivity index (χ1n) is 5.74. The number of alkyl halides is 2. The van der Waals surface area contributed by atoms with Crippen LogP contribution < -0.4 is 9.80 Å². The summed E-state index contributed by atoms with van der Waals surface area (Å²) in [5.74, 6) is 1.18. The van der Waals surface area contributed by atoms with Crippen molar-refractivity contribution in [3.63, 3.8) is 0 Å². The highest BCUT2D eigenvalue weighted by molar-refractivity contribution is 5.44. The molecule has 1 aliphatic heterocycles. The lowest BCUT2D eigenvalue weighted by Gasteiger charge is -2.20. The topological polar surface area (TPSA) is 32.3 Å². The van der Waals surface area contributed by atoms with E-state index in [9.17, 15) is 8.78 Å². The minimum Gasteiger partial charge on any atom is -0.356 e. The highest BCUT2D eigenvalue weighted by Gasteiger charge is 2.16. The molecule has 0 spiro atoms. The molecule has 0 saturated carbocycles. The van der Waals surface area contributed by atoms with Crippen LogP contribution >= 0.6 is 0 Å². The second-order valence-corrected chi connectivity index (χ2v) is 4.18. The van der Waals surface area contributed by atoms with Gasteiger partial charge in [0.2, 0.25) is 5.95 Å². The third-order valence-corrected chi connectivity index (χ3v) is 2.81. The van der Waals surface area contributed by atoms with E-state index in [1.807, 2.05) is 6.07 Å². The largest absolute Gasteiger partial charge is 0.356 e. The molecule has 1 fully saturated rings. The minimum absolute atomic E-state index is 0.344. The SMILES string of the molecule is CN(CC(F)F)c1nccc(N2CCCC2)n1. The monoisotopic (exact) mass is 242 g/mol. The normalized spacial score (nSPS) is 15.6. The first kappa shape index (κ1) is 12.0. The van der Waals surface area contributed by atoms with Gasteiger partial charge >= 0.3 is 0 Å². The highest BCUT2D eigenvalue weighted by Crippen LogP contribution is 2.19. The van der Waals surface area contributed by atoms with Crippen molar-refractivity contribution in [1.82, 2.24) is 9.97 Å². The van der Waals surface area contributed by atoms with Gasteiger partial charge in [0.25, 0.3) is 6.43 Å². The Hall–Kier alpha value is -1.46. The molecule has 1 aromatic rings. The summed E-state index contributed by atoms with van der Waals surface area (Å²) in [5.41, 5.74) is 0. The lowest BCUT2D eigenvalue weighted by molar-refractivity contribution is 0.156. The predicted octanol–water partition coefficient (Wildman–Crippen LogP) is 1.78. The highest BCUT2D eigenvalue weighted by atomic mass is 19.3. The molecule has 2 rings (SSSR count). The van der Waals surface area contributed by atoms with E-state index in [0.717, 1.165) is 31.7 Å². The van der Waals surface area contributed by atoms with Crippen LogP contribution in [0.3, 0.4) is 0 Å². The summed E-state index contributed by atoms with van der Waals surface area (Å²) in [6.45, 7) is 1.62. The van der Waals surface area contributed by atoms with E-state index >= 15 is 0 Å². The van der Waals surface area contributed by atoms with E-state index < -0.39 is 6.43 Å². The van der Waals surface area contributed by atoms with Gasteiger partial charge in [0.05, 0.1) is 6.54 Å². The maximum Gasteiger partial charge on any atom is 0.255 e. The van der Waals surface area contributed by atoms with Gasteiger partial charge in [-0.15, -0.1) is 0 Å². The molecule has 0 atom stereocenters. The van der Waals surface area contributed by atoms with Crippen molar-refractivity contribution in [3.05, 3.63) is 12.3 Å². The van der Waals surface area contributed by atoms with Crippen molar-refractivity contribution in [2.45, 2.75) is 19.3 Å². The fourth-order valence-corrected chi connectivity index (χ4v) is 1.93. The summed E-state index contributed by atoms with van der Waals surface area (Å²) in [4.78, 5) is 11.9. The van der Waals surface area contributed by atoms with Crippen LogP contribution in [0, 0.1) is 0 Å². The minimum atomic E-state index is -2.38. The zero-order chi connectivity index (χ0) is 12.3. The van der Waals surface area contributed by atoms with E-state index in [-0.39, 0.29) is 6.54 Å². The van der Waals surface area contributed by atoms with Crippen LogP contribution in [0.1, 0.15) is 12.8 Å². The van der Waals surface area contributed by atoms with Gasteiger partial charge in [-0.3, -0.25) is 0 Å². The standard InChI is InChI=1S/C11H16F2N4/c1-16(8-9(12)13)11-14-5-4-10(15-11)17-6-2-3-7-17/h4-5,9H,2-3,6-8H2,1H3. The summed E-state index contributed by atoms with van der Waals surface area (Å²) in [6.07, 6.45) is 1.56. The smallest absolute Gasteiger partial charge is 0.255 e. The Morgan fingerprint density at radius 1 is 1.41 bits per heavy atom. The zero-order valence-electron chi connectivity index (χ0n) is 9.81. The second-order valence-electron chi connectivity index (χ2n) is 4.18. The number of hydrogen-bond donors (Lipinski definition) is 0. The molecule has 0 N–H and O–H groups in total. The van der Waals surface area contributed by atoms with Gasteiger partial charge in [-0.25, -0.2) is 13.8 Å². The van der Waals surface area contributed by atoms with Gasteiger partial charge < -0.3 is 9.80 Å². The summed E-state index contributed by atoms with van der Waals surface area (Å²) in [6, 6.07) is 1.82. The molecule has 4 nitrogen and oxygen atoms in total. The van der Waals surface area contributed by atoms with Crippen LogP contribution in [0.25, 0.3) is 0 Å². The molecule has 2 heterocycles. The van der Waals surface area contributed by atoms with Crippen molar-refractivity contribution in [2.75, 3.05) is 36.5 Å². The first-order valence-corrected chi connectivity index (χ1v) is 5.74. The molecule has 94 valence electrons. The maximum absolute atomic E-state index is 12.3. The fraction of sp³-hybridized carbons (Fsp3) is 0.636. The van der Waals surface area contributed by atoms with E-state index in [2.05, 4.69) is 14.9 Å². The summed E-state index contributed by atoms with van der Waals surface area (Å²) in [7, 11) is 1.58. The molecule has 6 heteroatoms. The van der Waals surface area contributed by atoms with Gasteiger partial charge in [-0.2, -0.15) is 4.98 Å². The van der Waals surface area contributed by atoms with Crippen molar-refractivity contribution >= 4 is 11.8 Å². The van der Waals surface area contributed by atoms with Gasteiger partial charge in [0.15, 0.2) is 0 Å². The summed E-state index contributed by atoms with van der Waals surface area (Å²) >= 11 is 0. The molecule has 0 amide bonds. The zero-order valence-corrected chi connectivity index (χ0v) is 9.81. The van der Waals surface area contributed by atoms with Crippen molar-refractivity contribution in [3.8, 4) is 0 Å². The molecule has 1 aliphatic rings. The number of rotatable bonds is 4. The van der Waals surface area contributed by atoms with Crippen LogP contribution in [0.5, 0.6) is 0 Å². The van der Waals surface area contributed by atoms with Crippen molar-refractivity contribution < 1.29 is 8.78 Å². The van der Waals surface area contributed by atoms with Gasteiger partial charge in [0.1, 0.15) is 5.82 Å². The Labute approximate surface area is 99.3 Å². The lowest BCUT2D eigenvalue weighted by Crippen LogP contribution is -2.27. The third kappa shape index (κ3) is 3.01. The molecule has 0 aromatic carbocycles. The summed E-state index contributed by atoms with van der Waals surface area (Å²) < 4.78 is 24.5. The van der Waals surface area contributed by atoms with E-state index in [1.54, 1.807) is 13.2 Å². The van der Waals surface area contributed by atoms with Gasteiger partial charge in [-0.1, -0.05) is 0 Å². The average molecular weight is 242 g/mol. The van der Waals surface area contributed by atoms with Crippen LogP contribution in [0.2, 0.25) is 0 Å². The van der Waals surface area contributed by atoms with E-state index in [1.165, 1.54) is 4.90 Å². The molecule has 1 aromatic heterocycles. The molecule has 0 bridgehead atoms. The van der Waals surface area contributed by atoms with E-state index in [0.29, 0.717) is 5.95 Å². The van der Waals surface area contributed by atoms with Crippen LogP contribution in [-0.4, -0.2) is 43.1 Å². The number of aromatic nitrogens is 2. The first-order chi connectivity index (χ1) is 8.16. The summed E-state index contributed by atoms with van der Waals surface area (Å²) in [5, 5.41) is 0. The fourth-order valence-electron chi connectivity index (χ4n) is 1.93. The average Bonchev–Trinajstić information content (AvgIpc) is 2.82. The Morgan fingerprint density at radius 2 is 2.12 bits per heavy atom.